The van der Waals surface area contributed by atoms with Gasteiger partial charge in [0.05, 0.1) is 53.6 Å². The summed E-state index contributed by atoms with van der Waals surface area (Å²) in [6, 6.07) is 32.9. The molecule has 0 atom stereocenters. The van der Waals surface area contributed by atoms with E-state index < -0.39 is 0 Å². The second-order valence-electron chi connectivity index (χ2n) is 17.2. The van der Waals surface area contributed by atoms with Crippen molar-refractivity contribution in [2.24, 2.45) is 4.99 Å². The van der Waals surface area contributed by atoms with Crippen molar-refractivity contribution in [3.8, 4) is 23.4 Å². The van der Waals surface area contributed by atoms with Crippen LogP contribution < -0.4 is 23.8 Å². The summed E-state index contributed by atoms with van der Waals surface area (Å²) in [6.07, 6.45) is 17.9. The zero-order chi connectivity index (χ0) is 58.0. The SMILES string of the molecule is CC1=CC(C)=NCO1.COc1ccc(C)cn1.COc1ccc(C)nc1.COc1cccc(C)n1.COc1ncccc1C.Cc1ccc(Cl)nc1.Cc1ccc(N2CCOCC2)nc1.Cc1cccnc1.Cc1ccncc1. The number of aliphatic imine (C=N–C) groups is 1. The Balaban J connectivity index is 0.000000306. The van der Waals surface area contributed by atoms with Gasteiger partial charge in [0, 0.05) is 97.5 Å². The third kappa shape index (κ3) is 32.8. The Kier molecular flexibility index (Phi) is 34.5. The highest BCUT2D eigenvalue weighted by Crippen LogP contribution is 2.13. The number of pyridine rings is 8. The molecule has 2 aliphatic heterocycles. The van der Waals surface area contributed by atoms with Crippen LogP contribution in [0.1, 0.15) is 58.6 Å². The molecule has 0 unspecified atom stereocenters. The molecule has 1 fully saturated rings. The maximum absolute atomic E-state index is 5.50. The van der Waals surface area contributed by atoms with Gasteiger partial charge in [-0.25, -0.2) is 24.9 Å². The molecule has 0 radical (unpaired) electrons. The molecule has 1 saturated heterocycles. The fourth-order valence-electron chi connectivity index (χ4n) is 5.85. The van der Waals surface area contributed by atoms with E-state index in [1.54, 1.807) is 77.9 Å². The molecule has 16 nitrogen and oxygen atoms in total. The second-order valence-corrected chi connectivity index (χ2v) is 17.6. The Morgan fingerprint density at radius 2 is 1.13 bits per heavy atom. The first-order chi connectivity index (χ1) is 38.0. The molecule has 2 aliphatic rings. The van der Waals surface area contributed by atoms with Gasteiger partial charge in [-0.05, 0) is 158 Å². The molecule has 17 heteroatoms. The molecule has 79 heavy (non-hydrogen) atoms. The maximum Gasteiger partial charge on any atom is 0.215 e. The first-order valence-electron chi connectivity index (χ1n) is 25.3. The number of nitrogens with zero attached hydrogens (tertiary/aromatic N) is 10. The number of hydrogen-bond acceptors (Lipinski definition) is 16. The average molecular weight is 1100 g/mol. The largest absolute Gasteiger partial charge is 0.495 e. The topological polar surface area (TPSA) is 174 Å². The van der Waals surface area contributed by atoms with Gasteiger partial charge in [0.1, 0.15) is 16.7 Å². The fraction of sp³-hybridized carbons (Fsp3) is 0.306. The Bertz CT molecular complexity index is 2760. The van der Waals surface area contributed by atoms with Crippen LogP contribution >= 0.6 is 11.6 Å². The number of rotatable bonds is 5. The van der Waals surface area contributed by atoms with Crippen molar-refractivity contribution >= 4 is 23.1 Å². The number of methoxy groups -OCH3 is 4. The lowest BCUT2D eigenvalue weighted by molar-refractivity contribution is 0.122. The molecule has 0 N–H and O–H groups in total. The number of hydrogen-bond donors (Lipinski definition) is 0. The van der Waals surface area contributed by atoms with Crippen LogP contribution in [0.15, 0.2) is 176 Å². The molecule has 10 rings (SSSR count). The molecule has 0 aliphatic carbocycles. The van der Waals surface area contributed by atoms with Crippen molar-refractivity contribution in [1.29, 1.82) is 0 Å². The van der Waals surface area contributed by atoms with Gasteiger partial charge in [-0.3, -0.25) is 19.9 Å². The molecular weight excluding hydrogens is 1020 g/mol. The number of aryl methyl sites for hydroxylation is 8. The number of anilines is 1. The summed E-state index contributed by atoms with van der Waals surface area (Å²) in [5.74, 6) is 4.88. The van der Waals surface area contributed by atoms with Gasteiger partial charge in [0.25, 0.3) is 0 Å². The summed E-state index contributed by atoms with van der Waals surface area (Å²) in [6.45, 7) is 23.9. The monoisotopic (exact) mass is 1090 g/mol. The van der Waals surface area contributed by atoms with Crippen LogP contribution in [-0.2, 0) is 9.47 Å². The quantitative estimate of drug-likeness (QED) is 0.149. The van der Waals surface area contributed by atoms with E-state index in [4.69, 9.17) is 40.0 Å². The van der Waals surface area contributed by atoms with Crippen LogP contribution in [0.5, 0.6) is 23.4 Å². The number of halogens is 1. The van der Waals surface area contributed by atoms with Gasteiger partial charge >= 0.3 is 0 Å². The lowest BCUT2D eigenvalue weighted by atomic mass is 10.3. The van der Waals surface area contributed by atoms with Gasteiger partial charge in [-0.15, -0.1) is 0 Å². The molecule has 8 aromatic rings. The highest BCUT2D eigenvalue weighted by molar-refractivity contribution is 6.29. The normalized spacial score (nSPS) is 11.4. The zero-order valence-corrected chi connectivity index (χ0v) is 49.2. The number of morpholine rings is 1. The van der Waals surface area contributed by atoms with Crippen LogP contribution in [0.3, 0.4) is 0 Å². The van der Waals surface area contributed by atoms with E-state index in [1.165, 1.54) is 16.7 Å². The average Bonchev–Trinajstić information content (AvgIpc) is 3.47. The maximum atomic E-state index is 5.50. The van der Waals surface area contributed by atoms with E-state index in [1.807, 2.05) is 166 Å². The Labute approximate surface area is 474 Å². The molecule has 0 saturated carbocycles. The van der Waals surface area contributed by atoms with Crippen molar-refractivity contribution in [2.75, 3.05) is 66.4 Å². The van der Waals surface area contributed by atoms with E-state index >= 15 is 0 Å². The van der Waals surface area contributed by atoms with Gasteiger partial charge in [0.2, 0.25) is 17.6 Å². The predicted molar refractivity (Wildman–Crippen MR) is 319 cm³/mol. The van der Waals surface area contributed by atoms with Gasteiger partial charge in [0.15, 0.2) is 6.73 Å². The molecule has 10 heterocycles. The minimum Gasteiger partial charge on any atom is -0.495 e. The molecule has 420 valence electrons. The summed E-state index contributed by atoms with van der Waals surface area (Å²) < 4.78 is 29.9. The second kappa shape index (κ2) is 40.9. The van der Waals surface area contributed by atoms with Gasteiger partial charge in [-0.1, -0.05) is 48.0 Å². The Hall–Kier alpha value is -8.34. The summed E-state index contributed by atoms with van der Waals surface area (Å²) in [5.41, 5.74) is 10.1. The van der Waals surface area contributed by atoms with Crippen LogP contribution in [-0.4, -0.2) is 107 Å². The van der Waals surface area contributed by atoms with E-state index in [0.29, 0.717) is 29.5 Å². The third-order valence-electron chi connectivity index (χ3n) is 10.2. The fourth-order valence-corrected chi connectivity index (χ4v) is 5.96. The Morgan fingerprint density at radius 1 is 0.481 bits per heavy atom. The minimum atomic E-state index is 0.494. The van der Waals surface area contributed by atoms with Crippen molar-refractivity contribution < 1.29 is 28.4 Å². The minimum absolute atomic E-state index is 0.494. The predicted octanol–water partition coefficient (Wildman–Crippen LogP) is 13.0. The van der Waals surface area contributed by atoms with E-state index in [-0.39, 0.29) is 0 Å². The van der Waals surface area contributed by atoms with Crippen molar-refractivity contribution in [1.82, 2.24) is 39.9 Å². The molecule has 0 amide bonds. The van der Waals surface area contributed by atoms with Crippen LogP contribution in [0.25, 0.3) is 0 Å². The lowest BCUT2D eigenvalue weighted by Gasteiger charge is -2.27. The highest BCUT2D eigenvalue weighted by Gasteiger charge is 2.11. The Morgan fingerprint density at radius 3 is 1.53 bits per heavy atom. The summed E-state index contributed by atoms with van der Waals surface area (Å²) >= 11 is 5.50. The van der Waals surface area contributed by atoms with Crippen LogP contribution in [0, 0.1) is 55.4 Å². The first-order valence-corrected chi connectivity index (χ1v) is 25.7. The lowest BCUT2D eigenvalue weighted by Crippen LogP contribution is -2.36. The number of allylic oxidation sites excluding steroid dienone is 2. The summed E-state index contributed by atoms with van der Waals surface area (Å²) in [5, 5.41) is 0.551. The summed E-state index contributed by atoms with van der Waals surface area (Å²) in [7, 11) is 6.47. The standard InChI is InChI=1S/C10H14N2O.4C7H9NO.C6H6ClN.C6H9NO.2C6H7N/c1-9-2-3-10(11-8-9)12-4-6-13-7-5-12;1-6-3-4-7(9-2)5-8-6;1-6-3-4-7(9-2)8-5-6;1-6-4-3-5-8-7(6)9-2;1-6-4-3-5-7(8-6)9-2;1-5-2-3-6(7)8-4-5;1-5-3-6(2)8-4-7-5;1-6-2-4-7-5-3-6;1-6-3-2-4-7-5-6/h2-3,8H,4-7H2,1H3;4*3-5H,1-2H3;2-4H,1H3;3H,4H2,1-2H3;2*2-5H,1H3. The van der Waals surface area contributed by atoms with Gasteiger partial charge < -0.3 is 33.3 Å². The van der Waals surface area contributed by atoms with E-state index in [2.05, 4.69) is 68.8 Å². The number of ether oxygens (including phenoxy) is 6. The summed E-state index contributed by atoms with van der Waals surface area (Å²) in [4.78, 5) is 38.2. The smallest absolute Gasteiger partial charge is 0.215 e. The van der Waals surface area contributed by atoms with Crippen molar-refractivity contribution in [2.45, 2.75) is 69.2 Å². The van der Waals surface area contributed by atoms with Crippen LogP contribution in [0.4, 0.5) is 5.82 Å². The third-order valence-corrected chi connectivity index (χ3v) is 10.4. The van der Waals surface area contributed by atoms with Gasteiger partial charge in [-0.2, -0.15) is 0 Å². The molecule has 0 aromatic carbocycles. The van der Waals surface area contributed by atoms with Crippen LogP contribution in [0.2, 0.25) is 5.15 Å². The zero-order valence-electron chi connectivity index (χ0n) is 48.4. The number of aromatic nitrogens is 8. The molecule has 0 bridgehead atoms. The molecule has 8 aromatic heterocycles. The van der Waals surface area contributed by atoms with E-state index in [9.17, 15) is 0 Å². The van der Waals surface area contributed by atoms with Crippen molar-refractivity contribution in [3.05, 3.63) is 221 Å². The highest BCUT2D eigenvalue weighted by atomic mass is 35.5. The van der Waals surface area contributed by atoms with Crippen molar-refractivity contribution in [3.63, 3.8) is 0 Å². The molecular formula is C62H79ClN10O6. The van der Waals surface area contributed by atoms with E-state index in [0.717, 1.165) is 77.4 Å². The first kappa shape index (κ1) is 66.8. The molecule has 0 spiro atoms.